The third-order valence-corrected chi connectivity index (χ3v) is 3.92. The molecule has 5 heteroatoms. The lowest BCUT2D eigenvalue weighted by Crippen LogP contribution is -2.44. The minimum absolute atomic E-state index is 0.0168. The SMILES string of the molecule is COC(=O)C(C)CN(C(=O)COc1cccc(C)c1C)C(C)C. The van der Waals surface area contributed by atoms with E-state index in [2.05, 4.69) is 0 Å². The number of hydrogen-bond acceptors (Lipinski definition) is 4. The van der Waals surface area contributed by atoms with Gasteiger partial charge >= 0.3 is 5.97 Å². The molecule has 0 saturated heterocycles. The van der Waals surface area contributed by atoms with Crippen molar-refractivity contribution in [2.24, 2.45) is 5.92 Å². The Morgan fingerprint density at radius 1 is 1.17 bits per heavy atom. The average Bonchev–Trinajstić information content (AvgIpc) is 2.52. The fraction of sp³-hybridized carbons (Fsp3) is 0.556. The number of aryl methyl sites for hydroxylation is 1. The Labute approximate surface area is 138 Å². The van der Waals surface area contributed by atoms with Crippen LogP contribution in [-0.2, 0) is 14.3 Å². The quantitative estimate of drug-likeness (QED) is 0.725. The van der Waals surface area contributed by atoms with Gasteiger partial charge in [-0.2, -0.15) is 0 Å². The van der Waals surface area contributed by atoms with Crippen LogP contribution >= 0.6 is 0 Å². The summed E-state index contributed by atoms with van der Waals surface area (Å²) in [6.07, 6.45) is 0. The van der Waals surface area contributed by atoms with E-state index in [1.165, 1.54) is 7.11 Å². The molecule has 128 valence electrons. The summed E-state index contributed by atoms with van der Waals surface area (Å²) in [5.41, 5.74) is 2.15. The van der Waals surface area contributed by atoms with Crippen LogP contribution < -0.4 is 4.74 Å². The van der Waals surface area contributed by atoms with Crippen molar-refractivity contribution in [1.29, 1.82) is 0 Å². The summed E-state index contributed by atoms with van der Waals surface area (Å²) in [5, 5.41) is 0. The summed E-state index contributed by atoms with van der Waals surface area (Å²) < 4.78 is 10.4. The third-order valence-electron chi connectivity index (χ3n) is 3.92. The van der Waals surface area contributed by atoms with Crippen molar-refractivity contribution in [2.75, 3.05) is 20.3 Å². The van der Waals surface area contributed by atoms with Crippen molar-refractivity contribution in [1.82, 2.24) is 4.90 Å². The van der Waals surface area contributed by atoms with Crippen LogP contribution in [0.3, 0.4) is 0 Å². The molecule has 1 atom stereocenters. The maximum Gasteiger partial charge on any atom is 0.310 e. The zero-order valence-corrected chi connectivity index (χ0v) is 14.9. The summed E-state index contributed by atoms with van der Waals surface area (Å²) in [6, 6.07) is 5.74. The van der Waals surface area contributed by atoms with Crippen molar-refractivity contribution in [3.63, 3.8) is 0 Å². The number of nitrogens with zero attached hydrogens (tertiary/aromatic N) is 1. The van der Waals surface area contributed by atoms with Crippen molar-refractivity contribution < 1.29 is 19.1 Å². The maximum atomic E-state index is 12.4. The monoisotopic (exact) mass is 321 g/mol. The fourth-order valence-corrected chi connectivity index (χ4v) is 2.27. The molecule has 0 radical (unpaired) electrons. The van der Waals surface area contributed by atoms with Gasteiger partial charge in [0.25, 0.3) is 5.91 Å². The molecule has 0 saturated carbocycles. The Hall–Kier alpha value is -2.04. The molecule has 0 spiro atoms. The molecular weight excluding hydrogens is 294 g/mol. The predicted octanol–water partition coefficient (Wildman–Crippen LogP) is 2.73. The van der Waals surface area contributed by atoms with Gasteiger partial charge in [0.15, 0.2) is 6.61 Å². The normalized spacial score (nSPS) is 12.0. The first-order chi connectivity index (χ1) is 10.8. The molecule has 0 aliphatic rings. The Morgan fingerprint density at radius 3 is 2.39 bits per heavy atom. The first kappa shape index (κ1) is 19.0. The van der Waals surface area contributed by atoms with Gasteiger partial charge in [0.05, 0.1) is 13.0 Å². The second-order valence-corrected chi connectivity index (χ2v) is 6.05. The molecule has 1 aromatic carbocycles. The van der Waals surface area contributed by atoms with Crippen LogP contribution in [0.25, 0.3) is 0 Å². The second-order valence-electron chi connectivity index (χ2n) is 6.05. The largest absolute Gasteiger partial charge is 0.483 e. The number of rotatable bonds is 7. The lowest BCUT2D eigenvalue weighted by Gasteiger charge is -2.28. The fourth-order valence-electron chi connectivity index (χ4n) is 2.27. The van der Waals surface area contributed by atoms with Crippen molar-refractivity contribution in [2.45, 2.75) is 40.7 Å². The number of ether oxygens (including phenoxy) is 2. The molecular formula is C18H27NO4. The molecule has 1 unspecified atom stereocenters. The minimum atomic E-state index is -0.368. The van der Waals surface area contributed by atoms with Gasteiger partial charge in [-0.05, 0) is 44.9 Å². The van der Waals surface area contributed by atoms with Gasteiger partial charge in [-0.1, -0.05) is 19.1 Å². The van der Waals surface area contributed by atoms with E-state index in [1.807, 2.05) is 45.9 Å². The lowest BCUT2D eigenvalue weighted by molar-refractivity contribution is -0.147. The average molecular weight is 321 g/mol. The third kappa shape index (κ3) is 5.27. The molecule has 5 nitrogen and oxygen atoms in total. The highest BCUT2D eigenvalue weighted by Crippen LogP contribution is 2.20. The Morgan fingerprint density at radius 2 is 1.83 bits per heavy atom. The van der Waals surface area contributed by atoms with Crippen LogP contribution in [0.4, 0.5) is 0 Å². The Balaban J connectivity index is 2.71. The number of benzene rings is 1. The van der Waals surface area contributed by atoms with Crippen LogP contribution in [0.5, 0.6) is 5.75 Å². The molecule has 0 aromatic heterocycles. The highest BCUT2D eigenvalue weighted by molar-refractivity contribution is 5.79. The van der Waals surface area contributed by atoms with Gasteiger partial charge < -0.3 is 14.4 Å². The minimum Gasteiger partial charge on any atom is -0.483 e. The molecule has 1 rings (SSSR count). The van der Waals surface area contributed by atoms with E-state index in [4.69, 9.17) is 9.47 Å². The number of amides is 1. The Kier molecular flexibility index (Phi) is 7.07. The topological polar surface area (TPSA) is 55.8 Å². The van der Waals surface area contributed by atoms with E-state index in [-0.39, 0.29) is 30.4 Å². The summed E-state index contributed by atoms with van der Waals surface area (Å²) >= 11 is 0. The molecule has 1 amide bonds. The van der Waals surface area contributed by atoms with Gasteiger partial charge in [0, 0.05) is 12.6 Å². The highest BCUT2D eigenvalue weighted by atomic mass is 16.5. The standard InChI is InChI=1S/C18H27NO4/c1-12(2)19(10-14(4)18(21)22-6)17(20)11-23-16-9-7-8-13(3)15(16)5/h7-9,12,14H,10-11H2,1-6H3. The zero-order valence-electron chi connectivity index (χ0n) is 14.9. The molecule has 0 N–H and O–H groups in total. The summed E-state index contributed by atoms with van der Waals surface area (Å²) in [7, 11) is 1.35. The van der Waals surface area contributed by atoms with Gasteiger partial charge in [0.2, 0.25) is 0 Å². The molecule has 1 aromatic rings. The smallest absolute Gasteiger partial charge is 0.310 e. The van der Waals surface area contributed by atoms with Crippen LogP contribution in [-0.4, -0.2) is 43.1 Å². The zero-order chi connectivity index (χ0) is 17.6. The van der Waals surface area contributed by atoms with E-state index in [9.17, 15) is 9.59 Å². The van der Waals surface area contributed by atoms with Gasteiger partial charge in [0.1, 0.15) is 5.75 Å². The van der Waals surface area contributed by atoms with Gasteiger partial charge in [-0.3, -0.25) is 9.59 Å². The van der Waals surface area contributed by atoms with E-state index in [0.29, 0.717) is 12.3 Å². The van der Waals surface area contributed by atoms with Gasteiger partial charge in [-0.15, -0.1) is 0 Å². The highest BCUT2D eigenvalue weighted by Gasteiger charge is 2.24. The number of carbonyl (C=O) groups excluding carboxylic acids is 2. The van der Waals surface area contributed by atoms with Gasteiger partial charge in [-0.25, -0.2) is 0 Å². The van der Waals surface area contributed by atoms with E-state index in [1.54, 1.807) is 11.8 Å². The molecule has 0 heterocycles. The van der Waals surface area contributed by atoms with Crippen molar-refractivity contribution in [3.05, 3.63) is 29.3 Å². The first-order valence-corrected chi connectivity index (χ1v) is 7.84. The maximum absolute atomic E-state index is 12.4. The number of methoxy groups -OCH3 is 1. The van der Waals surface area contributed by atoms with Crippen molar-refractivity contribution in [3.8, 4) is 5.75 Å². The number of hydrogen-bond donors (Lipinski definition) is 0. The number of carbonyl (C=O) groups is 2. The summed E-state index contributed by atoms with van der Waals surface area (Å²) in [6.45, 7) is 9.83. The van der Waals surface area contributed by atoms with Crippen molar-refractivity contribution >= 4 is 11.9 Å². The summed E-state index contributed by atoms with van der Waals surface area (Å²) in [5.74, 6) is -0.120. The molecule has 0 aliphatic heterocycles. The molecule has 0 aliphatic carbocycles. The van der Waals surface area contributed by atoms with Crippen LogP contribution in [0, 0.1) is 19.8 Å². The Bertz CT molecular complexity index is 554. The van der Waals surface area contributed by atoms with E-state index >= 15 is 0 Å². The van der Waals surface area contributed by atoms with Crippen LogP contribution in [0.2, 0.25) is 0 Å². The van der Waals surface area contributed by atoms with Crippen LogP contribution in [0.15, 0.2) is 18.2 Å². The summed E-state index contributed by atoms with van der Waals surface area (Å²) in [4.78, 5) is 25.7. The second kappa shape index (κ2) is 8.56. The number of esters is 1. The van der Waals surface area contributed by atoms with Crippen LogP contribution in [0.1, 0.15) is 31.9 Å². The first-order valence-electron chi connectivity index (χ1n) is 7.84. The predicted molar refractivity (Wildman–Crippen MR) is 89.4 cm³/mol. The van der Waals surface area contributed by atoms with E-state index < -0.39 is 0 Å². The lowest BCUT2D eigenvalue weighted by atomic mass is 10.1. The molecule has 0 bridgehead atoms. The molecule has 0 fully saturated rings. The van der Waals surface area contributed by atoms with E-state index in [0.717, 1.165) is 11.1 Å². The molecule has 23 heavy (non-hydrogen) atoms.